The monoisotopic (exact) mass is 343 g/mol. The standard InChI is InChI=1S/C19H22ClN3O/c1-13-16(5-4-6-18(13)20)19(24)23-8-7-17-14(11-22(2)3)9-21-10-15(17)12-23/h4-6,9-10H,7-8,11-12H2,1-3H3. The average molecular weight is 344 g/mol. The summed E-state index contributed by atoms with van der Waals surface area (Å²) in [5.74, 6) is 0.0404. The van der Waals surface area contributed by atoms with Gasteiger partial charge in [-0.05, 0) is 61.8 Å². The van der Waals surface area contributed by atoms with Crippen LogP contribution in [0.5, 0.6) is 0 Å². The first-order chi connectivity index (χ1) is 11.5. The molecule has 1 amide bonds. The fraction of sp³-hybridized carbons (Fsp3) is 0.368. The van der Waals surface area contributed by atoms with Gasteiger partial charge in [0.1, 0.15) is 0 Å². The minimum absolute atomic E-state index is 0.0404. The predicted molar refractivity (Wildman–Crippen MR) is 96.3 cm³/mol. The Morgan fingerprint density at radius 2 is 2.12 bits per heavy atom. The molecule has 0 spiro atoms. The van der Waals surface area contributed by atoms with Crippen LogP contribution in [0.2, 0.25) is 5.02 Å². The smallest absolute Gasteiger partial charge is 0.254 e. The molecule has 0 aliphatic carbocycles. The van der Waals surface area contributed by atoms with Gasteiger partial charge in [0.2, 0.25) is 0 Å². The van der Waals surface area contributed by atoms with Gasteiger partial charge in [-0.25, -0.2) is 0 Å². The molecule has 2 aromatic rings. The Bertz CT molecular complexity index is 773. The molecule has 0 radical (unpaired) electrons. The summed E-state index contributed by atoms with van der Waals surface area (Å²) in [7, 11) is 4.11. The van der Waals surface area contributed by atoms with Gasteiger partial charge in [-0.3, -0.25) is 9.78 Å². The van der Waals surface area contributed by atoms with Crippen LogP contribution < -0.4 is 0 Å². The highest BCUT2D eigenvalue weighted by atomic mass is 35.5. The molecule has 5 heteroatoms. The van der Waals surface area contributed by atoms with E-state index in [9.17, 15) is 4.79 Å². The Kier molecular flexibility index (Phi) is 4.88. The fourth-order valence-corrected chi connectivity index (χ4v) is 3.40. The number of carbonyl (C=O) groups excluding carboxylic acids is 1. The lowest BCUT2D eigenvalue weighted by molar-refractivity contribution is 0.0733. The number of halogens is 1. The van der Waals surface area contributed by atoms with Crippen molar-refractivity contribution < 1.29 is 4.79 Å². The molecule has 4 nitrogen and oxygen atoms in total. The number of rotatable bonds is 3. The summed E-state index contributed by atoms with van der Waals surface area (Å²) in [6.07, 6.45) is 4.70. The van der Waals surface area contributed by atoms with Crippen molar-refractivity contribution in [1.29, 1.82) is 0 Å². The number of nitrogens with zero attached hydrogens (tertiary/aromatic N) is 3. The molecule has 0 bridgehead atoms. The molecule has 3 rings (SSSR count). The lowest BCUT2D eigenvalue weighted by atomic mass is 9.96. The van der Waals surface area contributed by atoms with Crippen LogP contribution in [0.25, 0.3) is 0 Å². The fourth-order valence-electron chi connectivity index (χ4n) is 3.23. The second-order valence-electron chi connectivity index (χ2n) is 6.56. The summed E-state index contributed by atoms with van der Waals surface area (Å²) in [5.41, 5.74) is 5.26. The van der Waals surface area contributed by atoms with E-state index in [1.165, 1.54) is 11.1 Å². The van der Waals surface area contributed by atoms with E-state index in [4.69, 9.17) is 11.6 Å². The SMILES string of the molecule is Cc1c(Cl)cccc1C(=O)N1CCc2c(CN(C)C)cncc2C1. The van der Waals surface area contributed by atoms with Gasteiger partial charge in [0.15, 0.2) is 0 Å². The van der Waals surface area contributed by atoms with Gasteiger partial charge in [0.25, 0.3) is 5.91 Å². The first-order valence-electron chi connectivity index (χ1n) is 8.11. The molecule has 0 N–H and O–H groups in total. The molecule has 24 heavy (non-hydrogen) atoms. The lowest BCUT2D eigenvalue weighted by Gasteiger charge is -2.30. The zero-order chi connectivity index (χ0) is 17.3. The maximum atomic E-state index is 12.9. The number of hydrogen-bond acceptors (Lipinski definition) is 3. The summed E-state index contributed by atoms with van der Waals surface area (Å²) < 4.78 is 0. The van der Waals surface area contributed by atoms with Crippen LogP contribution in [-0.4, -0.2) is 41.3 Å². The third-order valence-corrected chi connectivity index (χ3v) is 4.91. The van der Waals surface area contributed by atoms with Gasteiger partial charge in [0.05, 0.1) is 0 Å². The minimum Gasteiger partial charge on any atom is -0.334 e. The van der Waals surface area contributed by atoms with Crippen LogP contribution in [0.1, 0.15) is 32.6 Å². The molecule has 0 saturated carbocycles. The molecule has 0 saturated heterocycles. The Balaban J connectivity index is 1.85. The van der Waals surface area contributed by atoms with Crippen molar-refractivity contribution in [2.24, 2.45) is 0 Å². The van der Waals surface area contributed by atoms with Crippen LogP contribution in [0.15, 0.2) is 30.6 Å². The highest BCUT2D eigenvalue weighted by Crippen LogP contribution is 2.25. The summed E-state index contributed by atoms with van der Waals surface area (Å²) in [6.45, 7) is 4.10. The Morgan fingerprint density at radius 3 is 2.88 bits per heavy atom. The van der Waals surface area contributed by atoms with Gasteiger partial charge in [-0.2, -0.15) is 0 Å². The normalized spacial score (nSPS) is 14.0. The second-order valence-corrected chi connectivity index (χ2v) is 6.97. The molecule has 2 heterocycles. The van der Waals surface area contributed by atoms with Crippen molar-refractivity contribution in [2.45, 2.75) is 26.4 Å². The quantitative estimate of drug-likeness (QED) is 0.858. The summed E-state index contributed by atoms with van der Waals surface area (Å²) in [4.78, 5) is 21.3. The van der Waals surface area contributed by atoms with E-state index in [1.807, 2.05) is 42.4 Å². The topological polar surface area (TPSA) is 36.4 Å². The van der Waals surface area contributed by atoms with Gasteiger partial charge >= 0.3 is 0 Å². The zero-order valence-electron chi connectivity index (χ0n) is 14.3. The number of hydrogen-bond donors (Lipinski definition) is 0. The zero-order valence-corrected chi connectivity index (χ0v) is 15.1. The molecule has 0 atom stereocenters. The van der Waals surface area contributed by atoms with Crippen molar-refractivity contribution in [3.8, 4) is 0 Å². The second kappa shape index (κ2) is 6.91. The van der Waals surface area contributed by atoms with Crippen molar-refractivity contribution in [2.75, 3.05) is 20.6 Å². The molecular weight excluding hydrogens is 322 g/mol. The Hall–Kier alpha value is -1.91. The molecule has 1 aromatic heterocycles. The van der Waals surface area contributed by atoms with Crippen molar-refractivity contribution in [3.63, 3.8) is 0 Å². The summed E-state index contributed by atoms with van der Waals surface area (Å²) in [6, 6.07) is 5.49. The molecule has 126 valence electrons. The summed E-state index contributed by atoms with van der Waals surface area (Å²) in [5, 5.41) is 0.633. The van der Waals surface area contributed by atoms with Crippen LogP contribution in [0.4, 0.5) is 0 Å². The number of aromatic nitrogens is 1. The third-order valence-electron chi connectivity index (χ3n) is 4.50. The number of pyridine rings is 1. The third kappa shape index (κ3) is 3.30. The van der Waals surface area contributed by atoms with E-state index in [2.05, 4.69) is 24.0 Å². The van der Waals surface area contributed by atoms with E-state index in [1.54, 1.807) is 0 Å². The largest absolute Gasteiger partial charge is 0.334 e. The first kappa shape index (κ1) is 16.9. The average Bonchev–Trinajstić information content (AvgIpc) is 2.56. The summed E-state index contributed by atoms with van der Waals surface area (Å²) >= 11 is 6.16. The number of fused-ring (bicyclic) bond motifs is 1. The predicted octanol–water partition coefficient (Wildman–Crippen LogP) is 3.30. The number of amides is 1. The Morgan fingerprint density at radius 1 is 1.33 bits per heavy atom. The van der Waals surface area contributed by atoms with Crippen molar-refractivity contribution >= 4 is 17.5 Å². The highest BCUT2D eigenvalue weighted by molar-refractivity contribution is 6.31. The number of benzene rings is 1. The maximum Gasteiger partial charge on any atom is 0.254 e. The van der Waals surface area contributed by atoms with Gasteiger partial charge in [-0.15, -0.1) is 0 Å². The van der Waals surface area contributed by atoms with Crippen LogP contribution in [0, 0.1) is 6.92 Å². The van der Waals surface area contributed by atoms with Crippen molar-refractivity contribution in [3.05, 3.63) is 63.4 Å². The molecule has 1 aliphatic heterocycles. The highest BCUT2D eigenvalue weighted by Gasteiger charge is 2.25. The van der Waals surface area contributed by atoms with E-state index in [0.29, 0.717) is 17.1 Å². The van der Waals surface area contributed by atoms with Gasteiger partial charge < -0.3 is 9.80 Å². The molecule has 0 unspecified atom stereocenters. The van der Waals surface area contributed by atoms with Crippen LogP contribution >= 0.6 is 11.6 Å². The van der Waals surface area contributed by atoms with E-state index in [0.717, 1.165) is 30.6 Å². The van der Waals surface area contributed by atoms with E-state index < -0.39 is 0 Å². The van der Waals surface area contributed by atoms with E-state index >= 15 is 0 Å². The lowest BCUT2D eigenvalue weighted by Crippen LogP contribution is -2.37. The van der Waals surface area contributed by atoms with Crippen LogP contribution in [0.3, 0.4) is 0 Å². The maximum absolute atomic E-state index is 12.9. The Labute approximate surface area is 148 Å². The van der Waals surface area contributed by atoms with Gasteiger partial charge in [0, 0.05) is 42.6 Å². The van der Waals surface area contributed by atoms with Crippen LogP contribution in [-0.2, 0) is 19.5 Å². The minimum atomic E-state index is 0.0404. The van der Waals surface area contributed by atoms with Crippen molar-refractivity contribution in [1.82, 2.24) is 14.8 Å². The van der Waals surface area contributed by atoms with E-state index in [-0.39, 0.29) is 5.91 Å². The molecular formula is C19H22ClN3O. The molecule has 1 aromatic carbocycles. The first-order valence-corrected chi connectivity index (χ1v) is 8.49. The van der Waals surface area contributed by atoms with Gasteiger partial charge in [-0.1, -0.05) is 17.7 Å². The number of carbonyl (C=O) groups is 1. The molecule has 1 aliphatic rings. The molecule has 0 fully saturated rings.